The molecule has 1 atom stereocenters. The van der Waals surface area contributed by atoms with Gasteiger partial charge in [0.2, 0.25) is 0 Å². The number of rotatable bonds is 4. The first-order valence-electron chi connectivity index (χ1n) is 6.63. The molecule has 1 aliphatic rings. The lowest BCUT2D eigenvalue weighted by Gasteiger charge is -2.24. The first-order chi connectivity index (χ1) is 9.11. The molecule has 1 amide bonds. The van der Waals surface area contributed by atoms with Gasteiger partial charge in [-0.3, -0.25) is 4.79 Å². The highest BCUT2D eigenvalue weighted by atomic mass is 16.5. The number of carbonyl (C=O) groups is 1. The molecule has 0 aliphatic carbocycles. The lowest BCUT2D eigenvalue weighted by molar-refractivity contribution is 0.0732. The van der Waals surface area contributed by atoms with Gasteiger partial charge in [-0.15, -0.1) is 0 Å². The van der Waals surface area contributed by atoms with E-state index in [4.69, 9.17) is 16.2 Å². The molecule has 1 saturated heterocycles. The Balaban J connectivity index is 2.10. The number of carbonyl (C=O) groups excluding carboxylic acids is 1. The summed E-state index contributed by atoms with van der Waals surface area (Å²) in [6.07, 6.45) is 1.01. The number of anilines is 2. The van der Waals surface area contributed by atoms with Crippen LogP contribution >= 0.6 is 0 Å². The highest BCUT2D eigenvalue weighted by molar-refractivity contribution is 5.99. The molecule has 1 unspecified atom stereocenters. The molecule has 1 aromatic carbocycles. The summed E-state index contributed by atoms with van der Waals surface area (Å²) in [5.41, 5.74) is 13.0. The Hall–Kier alpha value is -1.75. The number of ether oxygens (including phenoxy) is 1. The fraction of sp³-hybridized carbons (Fsp3) is 0.500. The van der Waals surface area contributed by atoms with Crippen molar-refractivity contribution in [2.45, 2.75) is 13.3 Å². The quantitative estimate of drug-likeness (QED) is 0.803. The number of nitrogen functional groups attached to an aromatic ring is 2. The van der Waals surface area contributed by atoms with Crippen molar-refractivity contribution in [3.05, 3.63) is 23.8 Å². The number of benzene rings is 1. The molecule has 19 heavy (non-hydrogen) atoms. The minimum atomic E-state index is -0.0353. The van der Waals surface area contributed by atoms with Gasteiger partial charge in [-0.25, -0.2) is 0 Å². The molecule has 4 N–H and O–H groups in total. The van der Waals surface area contributed by atoms with Gasteiger partial charge in [0.1, 0.15) is 0 Å². The van der Waals surface area contributed by atoms with Crippen molar-refractivity contribution in [2.24, 2.45) is 5.92 Å². The Bertz CT molecular complexity index is 456. The highest BCUT2D eigenvalue weighted by Crippen LogP contribution is 2.20. The fourth-order valence-electron chi connectivity index (χ4n) is 2.34. The Morgan fingerprint density at radius 1 is 1.47 bits per heavy atom. The number of nitrogens with two attached hydrogens (primary N) is 2. The van der Waals surface area contributed by atoms with Crippen molar-refractivity contribution in [1.82, 2.24) is 4.90 Å². The molecule has 1 aliphatic heterocycles. The van der Waals surface area contributed by atoms with Gasteiger partial charge in [0.25, 0.3) is 5.91 Å². The van der Waals surface area contributed by atoms with E-state index in [1.165, 1.54) is 0 Å². The van der Waals surface area contributed by atoms with E-state index in [-0.39, 0.29) is 5.91 Å². The molecule has 1 heterocycles. The van der Waals surface area contributed by atoms with E-state index in [0.717, 1.165) is 26.2 Å². The maximum absolute atomic E-state index is 12.5. The van der Waals surface area contributed by atoms with Gasteiger partial charge in [0.05, 0.1) is 12.2 Å². The minimum Gasteiger partial charge on any atom is -0.399 e. The number of amides is 1. The second-order valence-corrected chi connectivity index (χ2v) is 4.92. The van der Waals surface area contributed by atoms with Gasteiger partial charge in [0.15, 0.2) is 0 Å². The molecule has 0 saturated carbocycles. The molecule has 1 fully saturated rings. The third kappa shape index (κ3) is 3.17. The SMILES string of the molecule is CCN(CC1CCOC1)C(=O)c1ccc(N)cc1N. The van der Waals surface area contributed by atoms with Crippen molar-refractivity contribution in [3.63, 3.8) is 0 Å². The lowest BCUT2D eigenvalue weighted by atomic mass is 10.1. The number of hydrogen-bond acceptors (Lipinski definition) is 4. The lowest BCUT2D eigenvalue weighted by Crippen LogP contribution is -2.35. The van der Waals surface area contributed by atoms with Crippen LogP contribution in [0, 0.1) is 5.92 Å². The van der Waals surface area contributed by atoms with Crippen LogP contribution in [-0.4, -0.2) is 37.1 Å². The van der Waals surface area contributed by atoms with Gasteiger partial charge in [0, 0.05) is 37.0 Å². The smallest absolute Gasteiger partial charge is 0.255 e. The molecule has 5 heteroatoms. The average molecular weight is 263 g/mol. The Kier molecular flexibility index (Phi) is 4.27. The average Bonchev–Trinajstić information content (AvgIpc) is 2.88. The molecular weight excluding hydrogens is 242 g/mol. The van der Waals surface area contributed by atoms with Crippen LogP contribution in [0.4, 0.5) is 11.4 Å². The van der Waals surface area contributed by atoms with E-state index in [2.05, 4.69) is 0 Å². The molecule has 0 bridgehead atoms. The summed E-state index contributed by atoms with van der Waals surface area (Å²) in [5.74, 6) is 0.394. The standard InChI is InChI=1S/C14H21N3O2/c1-2-17(8-10-5-6-19-9-10)14(18)12-4-3-11(15)7-13(12)16/h3-4,7,10H,2,5-6,8-9,15-16H2,1H3. The van der Waals surface area contributed by atoms with Crippen LogP contribution in [0.25, 0.3) is 0 Å². The van der Waals surface area contributed by atoms with Crippen LogP contribution in [0.1, 0.15) is 23.7 Å². The van der Waals surface area contributed by atoms with Crippen LogP contribution in [0.3, 0.4) is 0 Å². The van der Waals surface area contributed by atoms with E-state index in [1.54, 1.807) is 18.2 Å². The summed E-state index contributed by atoms with van der Waals surface area (Å²) < 4.78 is 5.35. The van der Waals surface area contributed by atoms with E-state index in [9.17, 15) is 4.79 Å². The predicted octanol–water partition coefficient (Wildman–Crippen LogP) is 1.35. The van der Waals surface area contributed by atoms with Crippen molar-refractivity contribution < 1.29 is 9.53 Å². The van der Waals surface area contributed by atoms with Gasteiger partial charge in [-0.1, -0.05) is 0 Å². The van der Waals surface area contributed by atoms with E-state index in [1.807, 2.05) is 11.8 Å². The van der Waals surface area contributed by atoms with Gasteiger partial charge in [-0.05, 0) is 31.5 Å². The normalized spacial score (nSPS) is 18.5. The third-order valence-electron chi connectivity index (χ3n) is 3.48. The van der Waals surface area contributed by atoms with Crippen LogP contribution in [0.5, 0.6) is 0 Å². The topological polar surface area (TPSA) is 81.6 Å². The Morgan fingerprint density at radius 3 is 2.84 bits per heavy atom. The van der Waals surface area contributed by atoms with Crippen LogP contribution in [0.2, 0.25) is 0 Å². The van der Waals surface area contributed by atoms with Crippen LogP contribution in [0.15, 0.2) is 18.2 Å². The molecule has 0 aromatic heterocycles. The van der Waals surface area contributed by atoms with E-state index >= 15 is 0 Å². The van der Waals surface area contributed by atoms with Gasteiger partial charge < -0.3 is 21.1 Å². The second-order valence-electron chi connectivity index (χ2n) is 4.92. The molecule has 2 rings (SSSR count). The van der Waals surface area contributed by atoms with Crippen molar-refractivity contribution >= 4 is 17.3 Å². The van der Waals surface area contributed by atoms with Crippen molar-refractivity contribution in [2.75, 3.05) is 37.8 Å². The largest absolute Gasteiger partial charge is 0.399 e. The van der Waals surface area contributed by atoms with Crippen molar-refractivity contribution in [3.8, 4) is 0 Å². The van der Waals surface area contributed by atoms with E-state index < -0.39 is 0 Å². The molecule has 1 aromatic rings. The van der Waals surface area contributed by atoms with Crippen molar-refractivity contribution in [1.29, 1.82) is 0 Å². The first-order valence-corrected chi connectivity index (χ1v) is 6.63. The summed E-state index contributed by atoms with van der Waals surface area (Å²) in [6, 6.07) is 5.02. The molecule has 0 radical (unpaired) electrons. The fourth-order valence-corrected chi connectivity index (χ4v) is 2.34. The monoisotopic (exact) mass is 263 g/mol. The Labute approximate surface area is 113 Å². The summed E-state index contributed by atoms with van der Waals surface area (Å²) >= 11 is 0. The summed E-state index contributed by atoms with van der Waals surface area (Å²) in [7, 11) is 0. The zero-order chi connectivity index (χ0) is 13.8. The Morgan fingerprint density at radius 2 is 2.26 bits per heavy atom. The summed E-state index contributed by atoms with van der Waals surface area (Å²) in [5, 5.41) is 0. The predicted molar refractivity (Wildman–Crippen MR) is 75.8 cm³/mol. The summed E-state index contributed by atoms with van der Waals surface area (Å²) in [6.45, 7) is 4.89. The summed E-state index contributed by atoms with van der Waals surface area (Å²) in [4.78, 5) is 14.3. The van der Waals surface area contributed by atoms with E-state index in [0.29, 0.717) is 29.4 Å². The zero-order valence-electron chi connectivity index (χ0n) is 11.3. The molecule has 0 spiro atoms. The third-order valence-corrected chi connectivity index (χ3v) is 3.48. The molecular formula is C14H21N3O2. The van der Waals surface area contributed by atoms with Gasteiger partial charge >= 0.3 is 0 Å². The second kappa shape index (κ2) is 5.93. The van der Waals surface area contributed by atoms with Crippen LogP contribution < -0.4 is 11.5 Å². The number of hydrogen-bond donors (Lipinski definition) is 2. The molecule has 104 valence electrons. The first kappa shape index (κ1) is 13.7. The maximum Gasteiger partial charge on any atom is 0.255 e. The number of nitrogens with zero attached hydrogens (tertiary/aromatic N) is 1. The maximum atomic E-state index is 12.5. The minimum absolute atomic E-state index is 0.0353. The van der Waals surface area contributed by atoms with Crippen LogP contribution in [-0.2, 0) is 4.74 Å². The zero-order valence-corrected chi connectivity index (χ0v) is 11.3. The van der Waals surface area contributed by atoms with Gasteiger partial charge in [-0.2, -0.15) is 0 Å². The highest BCUT2D eigenvalue weighted by Gasteiger charge is 2.23. The molecule has 5 nitrogen and oxygen atoms in total.